The molecule has 0 bridgehead atoms. The minimum atomic E-state index is -3.77. The zero-order valence-electron chi connectivity index (χ0n) is 14.6. The van der Waals surface area contributed by atoms with Gasteiger partial charge in [-0.3, -0.25) is 9.35 Å². The van der Waals surface area contributed by atoms with E-state index in [0.717, 1.165) is 32.1 Å². The second-order valence-electron chi connectivity index (χ2n) is 6.21. The Morgan fingerprint density at radius 3 is 1.43 bits per heavy atom. The zero-order chi connectivity index (χ0) is 17.4. The molecule has 0 aromatic heterocycles. The van der Waals surface area contributed by atoms with E-state index in [2.05, 4.69) is 4.74 Å². The van der Waals surface area contributed by atoms with E-state index in [-0.39, 0.29) is 11.7 Å². The molecule has 5 nitrogen and oxygen atoms in total. The van der Waals surface area contributed by atoms with E-state index in [0.29, 0.717) is 12.8 Å². The second-order valence-corrected chi connectivity index (χ2v) is 7.78. The number of esters is 1. The smallest absolute Gasteiger partial charge is 0.305 e. The lowest BCUT2D eigenvalue weighted by Gasteiger charge is -2.03. The number of ether oxygens (including phenoxy) is 1. The third-order valence-corrected chi connectivity index (χ3v) is 4.82. The van der Waals surface area contributed by atoms with Crippen molar-refractivity contribution < 1.29 is 22.5 Å². The van der Waals surface area contributed by atoms with Crippen LogP contribution in [-0.2, 0) is 19.6 Å². The average Bonchev–Trinajstić information content (AvgIpc) is 2.49. The van der Waals surface area contributed by atoms with Crippen molar-refractivity contribution in [3.63, 3.8) is 0 Å². The maximum atomic E-state index is 10.9. The summed E-state index contributed by atoms with van der Waals surface area (Å²) >= 11 is 0. The van der Waals surface area contributed by atoms with Crippen molar-refractivity contribution in [1.82, 2.24) is 0 Å². The summed E-state index contributed by atoms with van der Waals surface area (Å²) in [7, 11) is -2.34. The lowest BCUT2D eigenvalue weighted by molar-refractivity contribution is -0.140. The highest BCUT2D eigenvalue weighted by atomic mass is 32.2. The summed E-state index contributed by atoms with van der Waals surface area (Å²) in [5.41, 5.74) is 0. The van der Waals surface area contributed by atoms with Gasteiger partial charge in [-0.25, -0.2) is 0 Å². The first kappa shape index (κ1) is 22.4. The molecule has 0 saturated heterocycles. The molecule has 0 unspecified atom stereocenters. The molecule has 0 aliphatic carbocycles. The Kier molecular flexibility index (Phi) is 14.5. The number of methoxy groups -OCH3 is 1. The predicted octanol–water partition coefficient (Wildman–Crippen LogP) is 4.51. The highest BCUT2D eigenvalue weighted by Crippen LogP contribution is 2.13. The third-order valence-electron chi connectivity index (χ3n) is 4.01. The van der Waals surface area contributed by atoms with Gasteiger partial charge >= 0.3 is 5.97 Å². The summed E-state index contributed by atoms with van der Waals surface area (Å²) in [6.07, 6.45) is 15.0. The van der Waals surface area contributed by atoms with Crippen molar-refractivity contribution in [2.75, 3.05) is 12.9 Å². The van der Waals surface area contributed by atoms with Gasteiger partial charge in [0, 0.05) is 6.42 Å². The number of unbranched alkanes of at least 4 members (excludes halogenated alkanes) is 12. The Labute approximate surface area is 141 Å². The van der Waals surface area contributed by atoms with Crippen molar-refractivity contribution in [3.05, 3.63) is 0 Å². The fourth-order valence-electron chi connectivity index (χ4n) is 2.60. The second kappa shape index (κ2) is 14.9. The molecule has 0 aromatic rings. The van der Waals surface area contributed by atoms with Crippen LogP contribution >= 0.6 is 0 Å². The van der Waals surface area contributed by atoms with Gasteiger partial charge in [-0.1, -0.05) is 70.6 Å². The highest BCUT2D eigenvalue weighted by molar-refractivity contribution is 7.85. The first-order chi connectivity index (χ1) is 11.0. The van der Waals surface area contributed by atoms with Crippen LogP contribution in [0.5, 0.6) is 0 Å². The number of hydrogen-bond donors (Lipinski definition) is 1. The minimum absolute atomic E-state index is 0.105. The Bertz CT molecular complexity index is 378. The fourth-order valence-corrected chi connectivity index (χ4v) is 3.17. The van der Waals surface area contributed by atoms with Crippen LogP contribution in [0.4, 0.5) is 0 Å². The number of hydrogen-bond acceptors (Lipinski definition) is 4. The standard InChI is InChI=1S/C17H34O5S/c1-22-17(18)15-13-11-9-7-5-3-2-4-6-8-10-12-14-16-23(19,20)21/h2-16H2,1H3,(H,19,20,21). The lowest BCUT2D eigenvalue weighted by Crippen LogP contribution is -2.03. The minimum Gasteiger partial charge on any atom is -0.469 e. The van der Waals surface area contributed by atoms with Crippen LogP contribution < -0.4 is 0 Å². The van der Waals surface area contributed by atoms with Gasteiger partial charge < -0.3 is 4.74 Å². The van der Waals surface area contributed by atoms with Crippen molar-refractivity contribution in [2.24, 2.45) is 0 Å². The molecule has 0 atom stereocenters. The van der Waals surface area contributed by atoms with E-state index in [1.54, 1.807) is 0 Å². The van der Waals surface area contributed by atoms with Crippen LogP contribution in [0, 0.1) is 0 Å². The first-order valence-corrected chi connectivity index (χ1v) is 10.6. The third kappa shape index (κ3) is 19.3. The zero-order valence-corrected chi connectivity index (χ0v) is 15.4. The van der Waals surface area contributed by atoms with Crippen LogP contribution in [0.25, 0.3) is 0 Å². The molecule has 0 aromatic carbocycles. The van der Waals surface area contributed by atoms with Crippen LogP contribution in [0.3, 0.4) is 0 Å². The van der Waals surface area contributed by atoms with Gasteiger partial charge in [0.25, 0.3) is 10.1 Å². The molecule has 1 N–H and O–H groups in total. The van der Waals surface area contributed by atoms with E-state index in [9.17, 15) is 13.2 Å². The quantitative estimate of drug-likeness (QED) is 0.252. The van der Waals surface area contributed by atoms with Gasteiger partial charge in [-0.15, -0.1) is 0 Å². The van der Waals surface area contributed by atoms with E-state index in [1.165, 1.54) is 52.1 Å². The molecule has 0 saturated carbocycles. The largest absolute Gasteiger partial charge is 0.469 e. The molecule has 6 heteroatoms. The van der Waals surface area contributed by atoms with Gasteiger partial charge in [0.05, 0.1) is 12.9 Å². The summed E-state index contributed by atoms with van der Waals surface area (Å²) in [6.45, 7) is 0. The summed E-state index contributed by atoms with van der Waals surface area (Å²) in [4.78, 5) is 10.9. The van der Waals surface area contributed by atoms with Crippen LogP contribution in [0.2, 0.25) is 0 Å². The van der Waals surface area contributed by atoms with Crippen molar-refractivity contribution in [3.8, 4) is 0 Å². The van der Waals surface area contributed by atoms with Gasteiger partial charge in [-0.2, -0.15) is 8.42 Å². The Balaban J connectivity index is 3.09. The van der Waals surface area contributed by atoms with E-state index >= 15 is 0 Å². The van der Waals surface area contributed by atoms with Crippen molar-refractivity contribution in [2.45, 2.75) is 89.9 Å². The molecular formula is C17H34O5S. The number of carbonyl (C=O) groups excluding carboxylic acids is 1. The molecule has 23 heavy (non-hydrogen) atoms. The van der Waals surface area contributed by atoms with Gasteiger partial charge in [-0.05, 0) is 12.8 Å². The molecular weight excluding hydrogens is 316 g/mol. The molecule has 0 aliphatic heterocycles. The molecule has 138 valence electrons. The van der Waals surface area contributed by atoms with Gasteiger partial charge in [0.2, 0.25) is 0 Å². The average molecular weight is 351 g/mol. The molecule has 0 amide bonds. The fraction of sp³-hybridized carbons (Fsp3) is 0.941. The van der Waals surface area contributed by atoms with E-state index in [1.807, 2.05) is 0 Å². The summed E-state index contributed by atoms with van der Waals surface area (Å²) in [6, 6.07) is 0. The maximum Gasteiger partial charge on any atom is 0.305 e. The Morgan fingerprint density at radius 1 is 0.739 bits per heavy atom. The molecule has 0 radical (unpaired) electrons. The summed E-state index contributed by atoms with van der Waals surface area (Å²) < 4.78 is 34.3. The predicted molar refractivity (Wildman–Crippen MR) is 93.1 cm³/mol. The van der Waals surface area contributed by atoms with Gasteiger partial charge in [0.1, 0.15) is 0 Å². The SMILES string of the molecule is COC(=O)CCCCCCCCCCCCCCCS(=O)(=O)O. The monoisotopic (exact) mass is 350 g/mol. The van der Waals surface area contributed by atoms with Gasteiger partial charge in [0.15, 0.2) is 0 Å². The Hall–Kier alpha value is -0.620. The highest BCUT2D eigenvalue weighted by Gasteiger charge is 2.03. The van der Waals surface area contributed by atoms with Crippen LogP contribution in [-0.4, -0.2) is 31.8 Å². The first-order valence-electron chi connectivity index (χ1n) is 8.97. The van der Waals surface area contributed by atoms with E-state index in [4.69, 9.17) is 4.55 Å². The summed E-state index contributed by atoms with van der Waals surface area (Å²) in [5, 5.41) is 0. The topological polar surface area (TPSA) is 80.7 Å². The maximum absolute atomic E-state index is 10.9. The van der Waals surface area contributed by atoms with Crippen LogP contribution in [0.1, 0.15) is 89.9 Å². The lowest BCUT2D eigenvalue weighted by atomic mass is 10.0. The Morgan fingerprint density at radius 2 is 1.09 bits per heavy atom. The van der Waals surface area contributed by atoms with E-state index < -0.39 is 10.1 Å². The molecule has 0 heterocycles. The van der Waals surface area contributed by atoms with Crippen molar-refractivity contribution >= 4 is 16.1 Å². The molecule has 0 spiro atoms. The molecule has 0 rings (SSSR count). The molecule has 0 fully saturated rings. The number of carbonyl (C=O) groups is 1. The normalized spacial score (nSPS) is 11.6. The summed E-state index contributed by atoms with van der Waals surface area (Å²) in [5.74, 6) is -0.213. The van der Waals surface area contributed by atoms with Crippen molar-refractivity contribution in [1.29, 1.82) is 0 Å². The molecule has 0 aliphatic rings. The number of rotatable bonds is 16. The van der Waals surface area contributed by atoms with Crippen LogP contribution in [0.15, 0.2) is 0 Å².